The minimum atomic E-state index is -4.07. The highest BCUT2D eigenvalue weighted by Crippen LogP contribution is 2.37. The van der Waals surface area contributed by atoms with E-state index >= 15 is 0 Å². The van der Waals surface area contributed by atoms with Crippen molar-refractivity contribution in [2.24, 2.45) is 0 Å². The number of anilines is 1. The van der Waals surface area contributed by atoms with Crippen LogP contribution in [-0.2, 0) is 10.0 Å². The Labute approximate surface area is 198 Å². The van der Waals surface area contributed by atoms with Crippen molar-refractivity contribution in [1.82, 2.24) is 10.3 Å². The summed E-state index contributed by atoms with van der Waals surface area (Å²) in [4.78, 5) is 16.7. The molecule has 0 aliphatic carbocycles. The summed E-state index contributed by atoms with van der Waals surface area (Å²) >= 11 is 6.16. The first-order valence-electron chi connectivity index (χ1n) is 9.92. The van der Waals surface area contributed by atoms with Gasteiger partial charge in [-0.3, -0.25) is 14.5 Å². The van der Waals surface area contributed by atoms with Gasteiger partial charge in [-0.25, -0.2) is 8.42 Å². The number of halogens is 1. The maximum Gasteiger partial charge on any atom is 0.262 e. The Morgan fingerprint density at radius 2 is 1.70 bits per heavy atom. The van der Waals surface area contributed by atoms with Gasteiger partial charge in [0.05, 0.1) is 35.9 Å². The van der Waals surface area contributed by atoms with Crippen molar-refractivity contribution in [2.45, 2.75) is 24.8 Å². The number of hydrogen-bond donors (Lipinski definition) is 2. The number of nitrogens with one attached hydrogen (secondary N) is 2. The first-order valence-corrected chi connectivity index (χ1v) is 11.8. The van der Waals surface area contributed by atoms with E-state index < -0.39 is 15.9 Å². The number of carbonyl (C=O) groups is 1. The number of pyridine rings is 1. The summed E-state index contributed by atoms with van der Waals surface area (Å²) < 4.78 is 39.3. The van der Waals surface area contributed by atoms with Gasteiger partial charge in [0, 0.05) is 24.0 Å². The molecule has 1 aromatic heterocycles. The Balaban J connectivity index is 1.89. The fraction of sp³-hybridized carbons (Fsp3) is 0.217. The second-order valence-electron chi connectivity index (χ2n) is 7.25. The molecule has 0 saturated carbocycles. The Kier molecular flexibility index (Phi) is 7.45. The molecule has 3 rings (SSSR count). The number of aromatic nitrogens is 1. The quantitative estimate of drug-likeness (QED) is 0.487. The SMILES string of the molecule is COc1cc(OC)c(NS(=O)(=O)c2cc(C(=O)NC(C)c3ccncc3)ccc2C)cc1Cl. The van der Waals surface area contributed by atoms with Gasteiger partial charge in [0.1, 0.15) is 11.5 Å². The number of methoxy groups -OCH3 is 2. The average Bonchev–Trinajstić information content (AvgIpc) is 2.79. The van der Waals surface area contributed by atoms with Crippen molar-refractivity contribution in [2.75, 3.05) is 18.9 Å². The minimum absolute atomic E-state index is 0.0410. The maximum atomic E-state index is 13.2. The molecule has 0 bridgehead atoms. The summed E-state index contributed by atoms with van der Waals surface area (Å²) in [5, 5.41) is 3.08. The molecule has 0 aliphatic heterocycles. The number of nitrogens with zero attached hydrogens (tertiary/aromatic N) is 1. The lowest BCUT2D eigenvalue weighted by Gasteiger charge is -2.17. The Morgan fingerprint density at radius 3 is 2.33 bits per heavy atom. The molecule has 1 heterocycles. The second-order valence-corrected chi connectivity index (χ2v) is 9.31. The lowest BCUT2D eigenvalue weighted by molar-refractivity contribution is 0.0939. The largest absolute Gasteiger partial charge is 0.495 e. The first kappa shape index (κ1) is 24.3. The number of amides is 1. The average molecular weight is 490 g/mol. The molecule has 0 saturated heterocycles. The molecule has 0 spiro atoms. The molecule has 2 N–H and O–H groups in total. The normalized spacial score (nSPS) is 12.0. The van der Waals surface area contributed by atoms with Gasteiger partial charge >= 0.3 is 0 Å². The van der Waals surface area contributed by atoms with E-state index in [4.69, 9.17) is 21.1 Å². The van der Waals surface area contributed by atoms with Gasteiger partial charge in [-0.2, -0.15) is 0 Å². The van der Waals surface area contributed by atoms with E-state index in [0.29, 0.717) is 11.3 Å². The zero-order chi connectivity index (χ0) is 24.2. The molecule has 8 nitrogen and oxygen atoms in total. The van der Waals surface area contributed by atoms with Gasteiger partial charge in [0.25, 0.3) is 15.9 Å². The first-order chi connectivity index (χ1) is 15.7. The fourth-order valence-corrected chi connectivity index (χ4v) is 4.76. The monoisotopic (exact) mass is 489 g/mol. The zero-order valence-electron chi connectivity index (χ0n) is 18.5. The van der Waals surface area contributed by atoms with Crippen LogP contribution in [0.15, 0.2) is 59.8 Å². The molecular formula is C23H24ClN3O5S. The van der Waals surface area contributed by atoms with Crippen LogP contribution in [0, 0.1) is 6.92 Å². The number of sulfonamides is 1. The molecule has 1 amide bonds. The minimum Gasteiger partial charge on any atom is -0.495 e. The van der Waals surface area contributed by atoms with Crippen LogP contribution in [0.1, 0.15) is 34.5 Å². The molecule has 0 radical (unpaired) electrons. The molecule has 0 aliphatic rings. The van der Waals surface area contributed by atoms with E-state index in [2.05, 4.69) is 15.0 Å². The maximum absolute atomic E-state index is 13.2. The van der Waals surface area contributed by atoms with E-state index in [-0.39, 0.29) is 33.0 Å². The van der Waals surface area contributed by atoms with Crippen LogP contribution in [0.25, 0.3) is 0 Å². The predicted molar refractivity (Wildman–Crippen MR) is 127 cm³/mol. The van der Waals surface area contributed by atoms with Crippen molar-refractivity contribution in [1.29, 1.82) is 0 Å². The van der Waals surface area contributed by atoms with Crippen molar-refractivity contribution in [3.8, 4) is 11.5 Å². The van der Waals surface area contributed by atoms with Crippen LogP contribution in [0.4, 0.5) is 5.69 Å². The molecule has 1 atom stereocenters. The molecule has 174 valence electrons. The highest BCUT2D eigenvalue weighted by atomic mass is 35.5. The third kappa shape index (κ3) is 5.55. The van der Waals surface area contributed by atoms with E-state index in [1.165, 1.54) is 32.4 Å². The van der Waals surface area contributed by atoms with Crippen molar-refractivity contribution >= 4 is 33.2 Å². The summed E-state index contributed by atoms with van der Waals surface area (Å²) in [5.74, 6) is 0.174. The number of hydrogen-bond acceptors (Lipinski definition) is 6. The Bertz CT molecular complexity index is 1270. The second kappa shape index (κ2) is 10.1. The molecule has 1 unspecified atom stereocenters. The van der Waals surface area contributed by atoms with Crippen LogP contribution in [0.3, 0.4) is 0 Å². The molecule has 3 aromatic rings. The lowest BCUT2D eigenvalue weighted by atomic mass is 10.1. The molecule has 0 fully saturated rings. The predicted octanol–water partition coefficient (Wildman–Crippen LogP) is 4.35. The highest BCUT2D eigenvalue weighted by molar-refractivity contribution is 7.92. The van der Waals surface area contributed by atoms with E-state index in [9.17, 15) is 13.2 Å². The summed E-state index contributed by atoms with van der Waals surface area (Å²) in [6, 6.07) is 10.7. The molecule has 33 heavy (non-hydrogen) atoms. The van der Waals surface area contributed by atoms with Crippen molar-refractivity contribution in [3.05, 3.63) is 76.6 Å². The van der Waals surface area contributed by atoms with E-state index in [0.717, 1.165) is 5.56 Å². The van der Waals surface area contributed by atoms with Crippen molar-refractivity contribution in [3.63, 3.8) is 0 Å². The van der Waals surface area contributed by atoms with Crippen LogP contribution >= 0.6 is 11.6 Å². The number of aryl methyl sites for hydroxylation is 1. The van der Waals surface area contributed by atoms with Gasteiger partial charge < -0.3 is 14.8 Å². The van der Waals surface area contributed by atoms with Crippen LogP contribution in [-0.4, -0.2) is 33.5 Å². The molecule has 10 heteroatoms. The van der Waals surface area contributed by atoms with E-state index in [1.54, 1.807) is 43.6 Å². The third-order valence-electron chi connectivity index (χ3n) is 5.01. The lowest BCUT2D eigenvalue weighted by Crippen LogP contribution is -2.27. The molecule has 2 aromatic carbocycles. The number of ether oxygens (including phenoxy) is 2. The van der Waals surface area contributed by atoms with Gasteiger partial charge in [0.2, 0.25) is 0 Å². The van der Waals surface area contributed by atoms with Crippen molar-refractivity contribution < 1.29 is 22.7 Å². The van der Waals surface area contributed by atoms with E-state index in [1.807, 2.05) is 6.92 Å². The topological polar surface area (TPSA) is 107 Å². The summed E-state index contributed by atoms with van der Waals surface area (Å²) in [7, 11) is -1.22. The smallest absolute Gasteiger partial charge is 0.262 e. The standard InChI is InChI=1S/C23H24ClN3O5S/c1-14-5-6-17(23(28)26-15(2)16-7-9-25-10-8-16)11-22(14)33(29,30)27-19-12-18(24)20(31-3)13-21(19)32-4/h5-13,15,27H,1-4H3,(H,26,28). The van der Waals surface area contributed by atoms with Crippen LogP contribution in [0.2, 0.25) is 5.02 Å². The fourth-order valence-electron chi connectivity index (χ4n) is 3.19. The summed E-state index contributed by atoms with van der Waals surface area (Å²) in [6.45, 7) is 3.48. The van der Waals surface area contributed by atoms with Gasteiger partial charge in [-0.1, -0.05) is 17.7 Å². The third-order valence-corrected chi connectivity index (χ3v) is 6.81. The van der Waals surface area contributed by atoms with Gasteiger partial charge in [-0.15, -0.1) is 0 Å². The number of carbonyl (C=O) groups excluding carboxylic acids is 1. The Morgan fingerprint density at radius 1 is 1.03 bits per heavy atom. The van der Waals surface area contributed by atoms with Crippen LogP contribution in [0.5, 0.6) is 11.5 Å². The van der Waals surface area contributed by atoms with Gasteiger partial charge in [0.15, 0.2) is 0 Å². The van der Waals surface area contributed by atoms with Gasteiger partial charge in [-0.05, 0) is 55.3 Å². The number of benzene rings is 2. The molecular weight excluding hydrogens is 466 g/mol. The Hall–Kier alpha value is -3.30. The van der Waals surface area contributed by atoms with Crippen LogP contribution < -0.4 is 19.5 Å². The number of rotatable bonds is 8. The summed E-state index contributed by atoms with van der Waals surface area (Å²) in [6.07, 6.45) is 3.28. The summed E-state index contributed by atoms with van der Waals surface area (Å²) in [5.41, 5.74) is 1.70. The zero-order valence-corrected chi connectivity index (χ0v) is 20.1. The highest BCUT2D eigenvalue weighted by Gasteiger charge is 2.22.